The van der Waals surface area contributed by atoms with Crippen LogP contribution >= 0.6 is 0 Å². The lowest BCUT2D eigenvalue weighted by atomic mass is 9.98. The minimum Gasteiger partial charge on any atom is -0.345 e. The SMILES string of the molecule is Cc1ccc(C(=O)N(C)C)cc1NC(=O)[C@@H]1CCCNC1. The van der Waals surface area contributed by atoms with E-state index in [0.29, 0.717) is 5.56 Å². The van der Waals surface area contributed by atoms with Crippen molar-refractivity contribution in [2.75, 3.05) is 32.5 Å². The van der Waals surface area contributed by atoms with Crippen LogP contribution in [0.5, 0.6) is 0 Å². The van der Waals surface area contributed by atoms with Crippen molar-refractivity contribution in [3.8, 4) is 0 Å². The highest BCUT2D eigenvalue weighted by molar-refractivity contribution is 5.98. The van der Waals surface area contributed by atoms with Gasteiger partial charge in [0.05, 0.1) is 5.92 Å². The van der Waals surface area contributed by atoms with Crippen LogP contribution in [0, 0.1) is 12.8 Å². The predicted octanol–water partition coefficient (Wildman–Crippen LogP) is 1.63. The van der Waals surface area contributed by atoms with Crippen LogP contribution in [0.25, 0.3) is 0 Å². The van der Waals surface area contributed by atoms with Crippen molar-refractivity contribution >= 4 is 17.5 Å². The third kappa shape index (κ3) is 3.82. The summed E-state index contributed by atoms with van der Waals surface area (Å²) in [5.74, 6) is -0.0315. The number of amides is 2. The third-order valence-electron chi connectivity index (χ3n) is 3.82. The van der Waals surface area contributed by atoms with Crippen LogP contribution in [0.1, 0.15) is 28.8 Å². The molecule has 5 nitrogen and oxygen atoms in total. The zero-order valence-electron chi connectivity index (χ0n) is 12.9. The van der Waals surface area contributed by atoms with Crippen LogP contribution in [0.15, 0.2) is 18.2 Å². The molecule has 0 saturated carbocycles. The van der Waals surface area contributed by atoms with E-state index in [1.54, 1.807) is 26.2 Å². The number of benzene rings is 1. The minimum atomic E-state index is -0.0650. The van der Waals surface area contributed by atoms with Gasteiger partial charge >= 0.3 is 0 Å². The molecule has 1 saturated heterocycles. The molecule has 1 heterocycles. The topological polar surface area (TPSA) is 61.4 Å². The molecular weight excluding hydrogens is 266 g/mol. The first-order valence-corrected chi connectivity index (χ1v) is 7.33. The molecule has 2 rings (SSSR count). The normalized spacial score (nSPS) is 18.1. The number of aryl methyl sites for hydroxylation is 1. The van der Waals surface area contributed by atoms with Crippen LogP contribution in [0.2, 0.25) is 0 Å². The first-order valence-electron chi connectivity index (χ1n) is 7.33. The smallest absolute Gasteiger partial charge is 0.253 e. The number of carbonyl (C=O) groups excluding carboxylic acids is 2. The van der Waals surface area contributed by atoms with Gasteiger partial charge in [0.1, 0.15) is 0 Å². The molecule has 114 valence electrons. The van der Waals surface area contributed by atoms with E-state index in [0.717, 1.165) is 37.2 Å². The molecule has 0 unspecified atom stereocenters. The zero-order chi connectivity index (χ0) is 15.4. The molecule has 2 N–H and O–H groups in total. The van der Waals surface area contributed by atoms with E-state index in [4.69, 9.17) is 0 Å². The molecule has 0 aliphatic carbocycles. The van der Waals surface area contributed by atoms with Crippen molar-refractivity contribution in [2.24, 2.45) is 5.92 Å². The Hall–Kier alpha value is -1.88. The van der Waals surface area contributed by atoms with Gasteiger partial charge in [-0.15, -0.1) is 0 Å². The Morgan fingerprint density at radius 3 is 2.71 bits per heavy atom. The Balaban J connectivity index is 2.13. The standard InChI is InChI=1S/C16H23N3O2/c1-11-6-7-12(16(21)19(2)3)9-14(11)18-15(20)13-5-4-8-17-10-13/h6-7,9,13,17H,4-5,8,10H2,1-3H3,(H,18,20)/t13-/m1/s1. The van der Waals surface area contributed by atoms with E-state index in [9.17, 15) is 9.59 Å². The summed E-state index contributed by atoms with van der Waals surface area (Å²) in [5.41, 5.74) is 2.27. The van der Waals surface area contributed by atoms with Crippen LogP contribution in [-0.2, 0) is 4.79 Å². The van der Waals surface area contributed by atoms with E-state index in [1.807, 2.05) is 13.0 Å². The summed E-state index contributed by atoms with van der Waals surface area (Å²) >= 11 is 0. The van der Waals surface area contributed by atoms with Crippen molar-refractivity contribution in [2.45, 2.75) is 19.8 Å². The molecule has 1 aromatic rings. The molecular formula is C16H23N3O2. The summed E-state index contributed by atoms with van der Waals surface area (Å²) in [6.45, 7) is 3.63. The number of hydrogen-bond donors (Lipinski definition) is 2. The van der Waals surface area contributed by atoms with Gasteiger partial charge in [0, 0.05) is 31.9 Å². The van der Waals surface area contributed by atoms with Gasteiger partial charge in [-0.2, -0.15) is 0 Å². The number of nitrogens with zero attached hydrogens (tertiary/aromatic N) is 1. The molecule has 0 spiro atoms. The van der Waals surface area contributed by atoms with Crippen molar-refractivity contribution in [1.82, 2.24) is 10.2 Å². The fourth-order valence-corrected chi connectivity index (χ4v) is 2.46. The highest BCUT2D eigenvalue weighted by Gasteiger charge is 2.21. The maximum absolute atomic E-state index is 12.3. The average molecular weight is 289 g/mol. The number of rotatable bonds is 3. The third-order valence-corrected chi connectivity index (χ3v) is 3.82. The Labute approximate surface area is 125 Å². The van der Waals surface area contributed by atoms with Crippen molar-refractivity contribution in [3.63, 3.8) is 0 Å². The Morgan fingerprint density at radius 1 is 1.33 bits per heavy atom. The molecule has 1 fully saturated rings. The summed E-state index contributed by atoms with van der Waals surface area (Å²) in [7, 11) is 3.43. The average Bonchev–Trinajstić information content (AvgIpc) is 2.49. The van der Waals surface area contributed by atoms with Gasteiger partial charge in [-0.1, -0.05) is 6.07 Å². The van der Waals surface area contributed by atoms with Gasteiger partial charge in [-0.25, -0.2) is 0 Å². The lowest BCUT2D eigenvalue weighted by Gasteiger charge is -2.22. The molecule has 5 heteroatoms. The molecule has 21 heavy (non-hydrogen) atoms. The Morgan fingerprint density at radius 2 is 2.10 bits per heavy atom. The summed E-state index contributed by atoms with van der Waals surface area (Å²) in [5, 5.41) is 6.20. The van der Waals surface area contributed by atoms with Gasteiger partial charge in [0.15, 0.2) is 0 Å². The number of hydrogen-bond acceptors (Lipinski definition) is 3. The lowest BCUT2D eigenvalue weighted by Crippen LogP contribution is -2.37. The number of nitrogens with one attached hydrogen (secondary N) is 2. The largest absolute Gasteiger partial charge is 0.345 e. The number of anilines is 1. The van der Waals surface area contributed by atoms with Crippen LogP contribution < -0.4 is 10.6 Å². The molecule has 1 atom stereocenters. The maximum atomic E-state index is 12.3. The monoisotopic (exact) mass is 289 g/mol. The molecule has 0 bridgehead atoms. The number of carbonyl (C=O) groups is 2. The second-order valence-electron chi connectivity index (χ2n) is 5.76. The van der Waals surface area contributed by atoms with E-state index < -0.39 is 0 Å². The second-order valence-corrected chi connectivity index (χ2v) is 5.76. The van der Waals surface area contributed by atoms with Gasteiger partial charge in [0.25, 0.3) is 5.91 Å². The predicted molar refractivity (Wildman–Crippen MR) is 83.4 cm³/mol. The van der Waals surface area contributed by atoms with E-state index in [2.05, 4.69) is 10.6 Å². The van der Waals surface area contributed by atoms with E-state index in [-0.39, 0.29) is 17.7 Å². The zero-order valence-corrected chi connectivity index (χ0v) is 12.9. The first-order chi connectivity index (χ1) is 9.99. The molecule has 2 amide bonds. The lowest BCUT2D eigenvalue weighted by molar-refractivity contribution is -0.120. The molecule has 0 aromatic heterocycles. The maximum Gasteiger partial charge on any atom is 0.253 e. The Bertz CT molecular complexity index is 534. The summed E-state index contributed by atoms with van der Waals surface area (Å²) in [6.07, 6.45) is 1.93. The quantitative estimate of drug-likeness (QED) is 0.889. The molecule has 1 aliphatic heterocycles. The van der Waals surface area contributed by atoms with Crippen LogP contribution in [0.3, 0.4) is 0 Å². The Kier molecular flexibility index (Phi) is 4.96. The fraction of sp³-hybridized carbons (Fsp3) is 0.500. The first kappa shape index (κ1) is 15.5. The summed E-state index contributed by atoms with van der Waals surface area (Å²) in [6, 6.07) is 5.41. The van der Waals surface area contributed by atoms with Crippen molar-refractivity contribution in [1.29, 1.82) is 0 Å². The molecule has 1 aliphatic rings. The van der Waals surface area contributed by atoms with Crippen LogP contribution in [0.4, 0.5) is 5.69 Å². The fourth-order valence-electron chi connectivity index (χ4n) is 2.46. The molecule has 1 aromatic carbocycles. The second kappa shape index (κ2) is 6.72. The van der Waals surface area contributed by atoms with Crippen molar-refractivity contribution in [3.05, 3.63) is 29.3 Å². The van der Waals surface area contributed by atoms with E-state index >= 15 is 0 Å². The molecule has 0 radical (unpaired) electrons. The highest BCUT2D eigenvalue weighted by Crippen LogP contribution is 2.20. The van der Waals surface area contributed by atoms with Gasteiger partial charge in [-0.05, 0) is 44.0 Å². The van der Waals surface area contributed by atoms with Gasteiger partial charge in [0.2, 0.25) is 5.91 Å². The minimum absolute atomic E-state index is 0.00589. The van der Waals surface area contributed by atoms with Crippen LogP contribution in [-0.4, -0.2) is 43.9 Å². The summed E-state index contributed by atoms with van der Waals surface area (Å²) in [4.78, 5) is 25.8. The summed E-state index contributed by atoms with van der Waals surface area (Å²) < 4.78 is 0. The van der Waals surface area contributed by atoms with Gasteiger partial charge in [-0.3, -0.25) is 9.59 Å². The highest BCUT2D eigenvalue weighted by atomic mass is 16.2. The van der Waals surface area contributed by atoms with E-state index in [1.165, 1.54) is 4.90 Å². The van der Waals surface area contributed by atoms with Gasteiger partial charge < -0.3 is 15.5 Å². The van der Waals surface area contributed by atoms with Crippen molar-refractivity contribution < 1.29 is 9.59 Å². The number of piperidine rings is 1.